The smallest absolute Gasteiger partial charge is 0.333 e. The third-order valence-electron chi connectivity index (χ3n) is 3.81. The fourth-order valence-corrected chi connectivity index (χ4v) is 2.53. The number of anilines is 1. The first kappa shape index (κ1) is 17.7. The van der Waals surface area contributed by atoms with Crippen molar-refractivity contribution in [3.63, 3.8) is 0 Å². The van der Waals surface area contributed by atoms with Crippen LogP contribution < -0.4 is 5.32 Å². The number of benzene rings is 1. The maximum atomic E-state index is 12.8. The number of hydrogen-bond donors (Lipinski definition) is 2. The number of nitrogens with one attached hydrogen (secondary N) is 1. The van der Waals surface area contributed by atoms with Gasteiger partial charge < -0.3 is 10.4 Å². The lowest BCUT2D eigenvalue weighted by Crippen LogP contribution is -2.16. The summed E-state index contributed by atoms with van der Waals surface area (Å²) in [5.41, 5.74) is 1.24. The van der Waals surface area contributed by atoms with E-state index in [9.17, 15) is 18.7 Å². The van der Waals surface area contributed by atoms with Gasteiger partial charge in [-0.3, -0.25) is 9.78 Å². The third kappa shape index (κ3) is 3.60. The highest BCUT2D eigenvalue weighted by Crippen LogP contribution is 2.27. The van der Waals surface area contributed by atoms with Crippen molar-refractivity contribution >= 4 is 11.6 Å². The molecule has 2 heterocycles. The van der Waals surface area contributed by atoms with Crippen molar-refractivity contribution < 1.29 is 18.7 Å². The number of para-hydroxylation sites is 1. The molecule has 0 spiro atoms. The topological polar surface area (TPSA) is 80.0 Å². The molecule has 0 saturated heterocycles. The van der Waals surface area contributed by atoms with Crippen molar-refractivity contribution in [1.29, 1.82) is 0 Å². The van der Waals surface area contributed by atoms with Gasteiger partial charge in [0.2, 0.25) is 0 Å². The minimum Gasteiger partial charge on any atom is -0.382 e. The summed E-state index contributed by atoms with van der Waals surface area (Å²) < 4.78 is 26.1. The van der Waals surface area contributed by atoms with Crippen molar-refractivity contribution in [3.05, 3.63) is 77.4 Å². The molecular formula is C18H16F2N4O2. The van der Waals surface area contributed by atoms with Gasteiger partial charge in [0.15, 0.2) is 5.69 Å². The number of amides is 1. The Morgan fingerprint density at radius 3 is 2.58 bits per heavy atom. The van der Waals surface area contributed by atoms with E-state index in [0.717, 1.165) is 0 Å². The first-order valence-corrected chi connectivity index (χ1v) is 7.81. The highest BCUT2D eigenvalue weighted by atomic mass is 19.3. The van der Waals surface area contributed by atoms with Gasteiger partial charge in [0.1, 0.15) is 6.10 Å². The number of nitrogens with zero attached hydrogens (tertiary/aromatic N) is 3. The number of halogens is 2. The minimum absolute atomic E-state index is 0.134. The van der Waals surface area contributed by atoms with Gasteiger partial charge in [-0.2, -0.15) is 13.9 Å². The maximum Gasteiger partial charge on any atom is 0.333 e. The first-order chi connectivity index (χ1) is 12.5. The molecule has 1 aromatic carbocycles. The van der Waals surface area contributed by atoms with Crippen LogP contribution in [-0.2, 0) is 0 Å². The number of aliphatic hydroxyl groups is 1. The summed E-state index contributed by atoms with van der Waals surface area (Å²) in [4.78, 5) is 16.5. The van der Waals surface area contributed by atoms with Gasteiger partial charge in [0.25, 0.3) is 5.91 Å². The molecule has 0 bridgehead atoms. The molecule has 6 nitrogen and oxygen atoms in total. The Labute approximate surface area is 148 Å². The predicted molar refractivity (Wildman–Crippen MR) is 90.9 cm³/mol. The molecule has 0 saturated carbocycles. The molecular weight excluding hydrogens is 342 g/mol. The fraction of sp³-hybridized carbons (Fsp3) is 0.167. The zero-order valence-electron chi connectivity index (χ0n) is 13.8. The quantitative estimate of drug-likeness (QED) is 0.733. The summed E-state index contributed by atoms with van der Waals surface area (Å²) in [5.74, 6) is -0.645. The standard InChI is InChI=1S/C18H16F2N4O2/c1-11-10-15(23-24(11)18(19)20)17(26)22-13-7-3-2-6-12(13)16(25)14-8-4-5-9-21-14/h2-10,16,18,25H,1H3,(H,22,26). The predicted octanol–water partition coefficient (Wildman–Crippen LogP) is 3.32. The Bertz CT molecular complexity index is 913. The summed E-state index contributed by atoms with van der Waals surface area (Å²) in [7, 11) is 0. The molecule has 2 aromatic heterocycles. The molecule has 3 aromatic rings. The number of rotatable bonds is 5. The second-order valence-corrected chi connectivity index (χ2v) is 5.59. The highest BCUT2D eigenvalue weighted by Gasteiger charge is 2.20. The van der Waals surface area contributed by atoms with E-state index in [1.807, 2.05) is 0 Å². The van der Waals surface area contributed by atoms with Gasteiger partial charge >= 0.3 is 6.55 Å². The molecule has 0 radical (unpaired) electrons. The van der Waals surface area contributed by atoms with Crippen molar-refractivity contribution in [1.82, 2.24) is 14.8 Å². The van der Waals surface area contributed by atoms with Crippen molar-refractivity contribution in [3.8, 4) is 0 Å². The van der Waals surface area contributed by atoms with Crippen LogP contribution in [-0.4, -0.2) is 25.8 Å². The van der Waals surface area contributed by atoms with E-state index in [-0.39, 0.29) is 11.4 Å². The normalized spacial score (nSPS) is 12.2. The Morgan fingerprint density at radius 2 is 1.92 bits per heavy atom. The third-order valence-corrected chi connectivity index (χ3v) is 3.81. The van der Waals surface area contributed by atoms with Crippen molar-refractivity contribution in [2.75, 3.05) is 5.32 Å². The molecule has 0 fully saturated rings. The number of aryl methyl sites for hydroxylation is 1. The Kier molecular flexibility index (Phi) is 5.04. The second-order valence-electron chi connectivity index (χ2n) is 5.59. The monoisotopic (exact) mass is 358 g/mol. The molecule has 0 aliphatic carbocycles. The van der Waals surface area contributed by atoms with Gasteiger partial charge in [-0.15, -0.1) is 0 Å². The SMILES string of the molecule is Cc1cc(C(=O)Nc2ccccc2C(O)c2ccccn2)nn1C(F)F. The van der Waals surface area contributed by atoms with Crippen LogP contribution in [0.25, 0.3) is 0 Å². The summed E-state index contributed by atoms with van der Waals surface area (Å²) in [6, 6.07) is 13.1. The zero-order valence-corrected chi connectivity index (χ0v) is 13.8. The molecule has 0 aliphatic heterocycles. The van der Waals surface area contributed by atoms with E-state index in [1.54, 1.807) is 48.7 Å². The molecule has 0 aliphatic rings. The molecule has 1 unspecified atom stereocenters. The van der Waals surface area contributed by atoms with Crippen molar-refractivity contribution in [2.24, 2.45) is 0 Å². The number of carbonyl (C=O) groups excluding carboxylic acids is 1. The second kappa shape index (κ2) is 7.40. The van der Waals surface area contributed by atoms with E-state index >= 15 is 0 Å². The molecule has 26 heavy (non-hydrogen) atoms. The number of carbonyl (C=O) groups is 1. The lowest BCUT2D eigenvalue weighted by Gasteiger charge is -2.15. The number of aliphatic hydroxyl groups excluding tert-OH is 1. The first-order valence-electron chi connectivity index (χ1n) is 7.81. The largest absolute Gasteiger partial charge is 0.382 e. The van der Waals surface area contributed by atoms with E-state index in [0.29, 0.717) is 21.6 Å². The fourth-order valence-electron chi connectivity index (χ4n) is 2.53. The van der Waals surface area contributed by atoms with Crippen LogP contribution in [0.5, 0.6) is 0 Å². The van der Waals surface area contributed by atoms with Crippen LogP contribution in [0.2, 0.25) is 0 Å². The highest BCUT2D eigenvalue weighted by molar-refractivity contribution is 6.03. The Balaban J connectivity index is 1.87. The molecule has 1 atom stereocenters. The lowest BCUT2D eigenvalue weighted by atomic mass is 10.0. The summed E-state index contributed by atoms with van der Waals surface area (Å²) in [6.07, 6.45) is 0.507. The number of aromatic nitrogens is 3. The van der Waals surface area contributed by atoms with E-state index in [2.05, 4.69) is 15.4 Å². The van der Waals surface area contributed by atoms with Crippen LogP contribution in [0.4, 0.5) is 14.5 Å². The summed E-state index contributed by atoms with van der Waals surface area (Å²) >= 11 is 0. The van der Waals surface area contributed by atoms with E-state index in [4.69, 9.17) is 0 Å². The molecule has 2 N–H and O–H groups in total. The summed E-state index contributed by atoms with van der Waals surface area (Å²) in [5, 5.41) is 16.8. The van der Waals surface area contributed by atoms with Gasteiger partial charge in [0, 0.05) is 23.1 Å². The van der Waals surface area contributed by atoms with Crippen LogP contribution in [0, 0.1) is 6.92 Å². The van der Waals surface area contributed by atoms with Gasteiger partial charge in [0.05, 0.1) is 5.69 Å². The van der Waals surface area contributed by atoms with Gasteiger partial charge in [-0.1, -0.05) is 24.3 Å². The number of hydrogen-bond acceptors (Lipinski definition) is 4. The van der Waals surface area contributed by atoms with Crippen LogP contribution in [0.3, 0.4) is 0 Å². The van der Waals surface area contributed by atoms with Gasteiger partial charge in [-0.25, -0.2) is 4.68 Å². The average molecular weight is 358 g/mol. The Morgan fingerprint density at radius 1 is 1.19 bits per heavy atom. The van der Waals surface area contributed by atoms with Crippen LogP contribution in [0.15, 0.2) is 54.7 Å². The molecule has 3 rings (SSSR count). The number of pyridine rings is 1. The Hall–Kier alpha value is -3.13. The van der Waals surface area contributed by atoms with E-state index < -0.39 is 18.6 Å². The van der Waals surface area contributed by atoms with Crippen LogP contribution in [0.1, 0.15) is 40.1 Å². The molecule has 8 heteroatoms. The maximum absolute atomic E-state index is 12.8. The average Bonchev–Trinajstić information content (AvgIpc) is 3.04. The van der Waals surface area contributed by atoms with E-state index in [1.165, 1.54) is 13.0 Å². The van der Waals surface area contributed by atoms with Crippen LogP contribution >= 0.6 is 0 Å². The zero-order chi connectivity index (χ0) is 18.7. The lowest BCUT2D eigenvalue weighted by molar-refractivity contribution is 0.0540. The van der Waals surface area contributed by atoms with Crippen molar-refractivity contribution in [2.45, 2.75) is 19.6 Å². The minimum atomic E-state index is -2.82. The van der Waals surface area contributed by atoms with Gasteiger partial charge in [-0.05, 0) is 31.2 Å². The number of alkyl halides is 2. The molecule has 134 valence electrons. The molecule has 1 amide bonds. The summed E-state index contributed by atoms with van der Waals surface area (Å²) in [6.45, 7) is -1.39.